The maximum Gasteiger partial charge on any atom is 0.148 e. The van der Waals surface area contributed by atoms with Gasteiger partial charge in [-0.1, -0.05) is 0 Å². The summed E-state index contributed by atoms with van der Waals surface area (Å²) in [4.78, 5) is 4.56. The molecule has 0 atom stereocenters. The monoisotopic (exact) mass is 298 g/mol. The Balaban J connectivity index is 2.49. The highest BCUT2D eigenvalue weighted by Gasteiger charge is 2.22. The van der Waals surface area contributed by atoms with Crippen molar-refractivity contribution in [3.8, 4) is 0 Å². The van der Waals surface area contributed by atoms with E-state index in [1.54, 1.807) is 13.0 Å². The molecule has 4 nitrogen and oxygen atoms in total. The summed E-state index contributed by atoms with van der Waals surface area (Å²) in [6.45, 7) is 1.63. The van der Waals surface area contributed by atoms with Crippen molar-refractivity contribution >= 4 is 28.4 Å². The zero-order valence-electron chi connectivity index (χ0n) is 12.5. The van der Waals surface area contributed by atoms with Crippen molar-refractivity contribution in [2.75, 3.05) is 5.73 Å². The summed E-state index contributed by atoms with van der Waals surface area (Å²) in [5.41, 5.74) is 15.8. The lowest BCUT2D eigenvalue weighted by Gasteiger charge is -2.22. The lowest BCUT2D eigenvalue weighted by molar-refractivity contribution is 0.633. The second-order valence-electron chi connectivity index (χ2n) is 5.69. The van der Waals surface area contributed by atoms with Gasteiger partial charge < -0.3 is 16.9 Å². The Labute approximate surface area is 128 Å². The van der Waals surface area contributed by atoms with Crippen LogP contribution < -0.4 is 11.5 Å². The first-order chi connectivity index (χ1) is 10.5. The number of anilines is 1. The van der Waals surface area contributed by atoms with Crippen LogP contribution in [0.1, 0.15) is 42.1 Å². The third kappa shape index (κ3) is 2.13. The number of rotatable bonds is 2. The minimum absolute atomic E-state index is 0.0386. The van der Waals surface area contributed by atoms with Gasteiger partial charge in [-0.2, -0.15) is 0 Å². The van der Waals surface area contributed by atoms with Crippen LogP contribution in [0.15, 0.2) is 12.3 Å². The summed E-state index contributed by atoms with van der Waals surface area (Å²) in [5, 5.41) is 8.83. The Kier molecular flexibility index (Phi) is 3.56. The van der Waals surface area contributed by atoms with Crippen LogP contribution >= 0.6 is 0 Å². The van der Waals surface area contributed by atoms with Crippen molar-refractivity contribution in [1.82, 2.24) is 4.98 Å². The van der Waals surface area contributed by atoms with Crippen molar-refractivity contribution in [3.05, 3.63) is 40.5 Å². The third-order valence-corrected chi connectivity index (χ3v) is 4.25. The largest absolute Gasteiger partial charge is 0.405 e. The minimum Gasteiger partial charge on any atom is -0.405 e. The topological polar surface area (TPSA) is 88.8 Å². The normalized spacial score (nSPS) is 14.5. The van der Waals surface area contributed by atoms with Gasteiger partial charge in [0.15, 0.2) is 0 Å². The van der Waals surface area contributed by atoms with Gasteiger partial charge in [0.05, 0.1) is 16.9 Å². The second-order valence-corrected chi connectivity index (χ2v) is 5.69. The Hall–Kier alpha value is -2.43. The van der Waals surface area contributed by atoms with Crippen LogP contribution in [-0.2, 0) is 12.8 Å². The van der Waals surface area contributed by atoms with Crippen molar-refractivity contribution in [2.45, 2.75) is 32.6 Å². The van der Waals surface area contributed by atoms with Gasteiger partial charge in [0.2, 0.25) is 0 Å². The van der Waals surface area contributed by atoms with Gasteiger partial charge >= 0.3 is 0 Å². The number of nitrogens with two attached hydrogens (primary N) is 2. The molecule has 0 spiro atoms. The summed E-state index contributed by atoms with van der Waals surface area (Å²) >= 11 is 0. The van der Waals surface area contributed by atoms with Crippen LogP contribution in [0.4, 0.5) is 10.1 Å². The van der Waals surface area contributed by atoms with Crippen LogP contribution in [0.3, 0.4) is 0 Å². The molecule has 114 valence electrons. The van der Waals surface area contributed by atoms with Gasteiger partial charge in [-0.05, 0) is 56.0 Å². The SMILES string of the molecule is CC(=N)c1c(N)c(F)cc2nc(/C=C/N)c3c(c12)CCCC3. The zero-order chi connectivity index (χ0) is 15.9. The van der Waals surface area contributed by atoms with E-state index in [4.69, 9.17) is 16.9 Å². The molecule has 1 aliphatic carbocycles. The van der Waals surface area contributed by atoms with Crippen LogP contribution in [0.25, 0.3) is 17.0 Å². The molecule has 5 heteroatoms. The van der Waals surface area contributed by atoms with E-state index in [2.05, 4.69) is 4.98 Å². The molecule has 1 aromatic heterocycles. The molecule has 0 aliphatic heterocycles. The summed E-state index contributed by atoms with van der Waals surface area (Å²) < 4.78 is 14.1. The maximum atomic E-state index is 14.1. The van der Waals surface area contributed by atoms with Gasteiger partial charge in [-0.15, -0.1) is 0 Å². The lowest BCUT2D eigenvalue weighted by atomic mass is 9.85. The molecule has 1 aliphatic rings. The van der Waals surface area contributed by atoms with E-state index in [0.717, 1.165) is 47.9 Å². The molecule has 0 saturated heterocycles. The number of pyridine rings is 1. The van der Waals surface area contributed by atoms with E-state index >= 15 is 0 Å². The lowest BCUT2D eigenvalue weighted by Crippen LogP contribution is -2.12. The molecule has 1 heterocycles. The zero-order valence-corrected chi connectivity index (χ0v) is 12.5. The van der Waals surface area contributed by atoms with E-state index in [1.807, 2.05) is 0 Å². The number of nitrogens with zero attached hydrogens (tertiary/aromatic N) is 1. The fourth-order valence-corrected chi connectivity index (χ4v) is 3.33. The van der Waals surface area contributed by atoms with Crippen molar-refractivity contribution in [2.24, 2.45) is 5.73 Å². The van der Waals surface area contributed by atoms with Crippen LogP contribution in [0, 0.1) is 11.2 Å². The van der Waals surface area contributed by atoms with Crippen molar-refractivity contribution < 1.29 is 4.39 Å². The molecular formula is C17H19FN4. The number of aryl methyl sites for hydroxylation is 1. The molecule has 3 rings (SSSR count). The number of fused-ring (bicyclic) bond motifs is 3. The first-order valence-electron chi connectivity index (χ1n) is 7.41. The third-order valence-electron chi connectivity index (χ3n) is 4.25. The first-order valence-corrected chi connectivity index (χ1v) is 7.41. The quantitative estimate of drug-likeness (QED) is 0.587. The van der Waals surface area contributed by atoms with Crippen molar-refractivity contribution in [3.63, 3.8) is 0 Å². The number of hydrogen-bond donors (Lipinski definition) is 3. The van der Waals surface area contributed by atoms with Gasteiger partial charge in [-0.3, -0.25) is 0 Å². The smallest absolute Gasteiger partial charge is 0.148 e. The van der Waals surface area contributed by atoms with Crippen LogP contribution in [-0.4, -0.2) is 10.7 Å². The highest BCUT2D eigenvalue weighted by molar-refractivity contribution is 6.13. The molecule has 0 fully saturated rings. The van der Waals surface area contributed by atoms with Gasteiger partial charge in [-0.25, -0.2) is 9.37 Å². The fourth-order valence-electron chi connectivity index (χ4n) is 3.33. The number of halogens is 1. The van der Waals surface area contributed by atoms with E-state index < -0.39 is 5.82 Å². The van der Waals surface area contributed by atoms with E-state index in [0.29, 0.717) is 11.1 Å². The van der Waals surface area contributed by atoms with Gasteiger partial charge in [0, 0.05) is 22.7 Å². The summed E-state index contributed by atoms with van der Waals surface area (Å²) in [6, 6.07) is 1.36. The molecule has 1 aromatic carbocycles. The summed E-state index contributed by atoms with van der Waals surface area (Å²) in [5.74, 6) is -0.528. The predicted molar refractivity (Wildman–Crippen MR) is 88.5 cm³/mol. The molecule has 0 radical (unpaired) electrons. The molecule has 2 aromatic rings. The summed E-state index contributed by atoms with van der Waals surface area (Å²) in [7, 11) is 0. The molecule has 5 N–H and O–H groups in total. The van der Waals surface area contributed by atoms with Crippen LogP contribution in [0.2, 0.25) is 0 Å². The molecular weight excluding hydrogens is 279 g/mol. The van der Waals surface area contributed by atoms with Crippen LogP contribution in [0.5, 0.6) is 0 Å². The first kappa shape index (κ1) is 14.5. The highest BCUT2D eigenvalue weighted by Crippen LogP contribution is 2.36. The second kappa shape index (κ2) is 5.40. The van der Waals surface area contributed by atoms with Gasteiger partial charge in [0.1, 0.15) is 5.82 Å². The molecule has 0 saturated carbocycles. The molecule has 22 heavy (non-hydrogen) atoms. The molecule has 0 unspecified atom stereocenters. The number of nitrogen functional groups attached to an aromatic ring is 1. The number of aromatic nitrogens is 1. The Morgan fingerprint density at radius 2 is 2.00 bits per heavy atom. The average molecular weight is 298 g/mol. The summed E-state index contributed by atoms with van der Waals surface area (Å²) in [6.07, 6.45) is 7.21. The Morgan fingerprint density at radius 1 is 1.32 bits per heavy atom. The average Bonchev–Trinajstić information content (AvgIpc) is 2.49. The Bertz CT molecular complexity index is 808. The van der Waals surface area contributed by atoms with Crippen molar-refractivity contribution in [1.29, 1.82) is 5.41 Å². The highest BCUT2D eigenvalue weighted by atomic mass is 19.1. The maximum absolute atomic E-state index is 14.1. The minimum atomic E-state index is -0.528. The number of hydrogen-bond acceptors (Lipinski definition) is 4. The van der Waals surface area contributed by atoms with Gasteiger partial charge in [0.25, 0.3) is 0 Å². The predicted octanol–water partition coefficient (Wildman–Crippen LogP) is 3.15. The van der Waals surface area contributed by atoms with E-state index in [1.165, 1.54) is 12.3 Å². The molecule has 0 amide bonds. The fraction of sp³-hybridized carbons (Fsp3) is 0.294. The van der Waals surface area contributed by atoms with E-state index in [-0.39, 0.29) is 11.4 Å². The number of nitrogens with one attached hydrogen (secondary N) is 1. The Morgan fingerprint density at radius 3 is 2.64 bits per heavy atom. The van der Waals surface area contributed by atoms with E-state index in [9.17, 15) is 4.39 Å². The standard InChI is InChI=1S/C17H19FN4/c1-9(20)15-16-11-5-3-2-4-10(11)13(6-7-19)22-14(16)8-12(18)17(15)21/h6-8,20H,2-5,19,21H2,1H3/b7-6+,20-9?. The number of benzene rings is 1. The molecule has 0 bridgehead atoms.